The Balaban J connectivity index is 1.05. The zero-order chi connectivity index (χ0) is 24.2. The quantitative estimate of drug-likeness (QED) is 0.238. The molecule has 7 nitrogen and oxygen atoms in total. The highest BCUT2D eigenvalue weighted by atomic mass is 32.2. The molecular weight excluding hydrogens is 476 g/mol. The number of thiazole rings is 1. The summed E-state index contributed by atoms with van der Waals surface area (Å²) in [5.41, 5.74) is 5.16. The molecule has 1 saturated heterocycles. The number of fused-ring (bicyclic) bond motifs is 1. The maximum atomic E-state index is 5.48. The number of oxazole rings is 1. The van der Waals surface area contributed by atoms with Gasteiger partial charge in [-0.05, 0) is 63.3 Å². The van der Waals surface area contributed by atoms with Crippen molar-refractivity contribution in [3.63, 3.8) is 0 Å². The first-order chi connectivity index (χ1) is 16.9. The van der Waals surface area contributed by atoms with Crippen LogP contribution in [0.4, 0.5) is 0 Å². The van der Waals surface area contributed by atoms with Gasteiger partial charge in [0.05, 0.1) is 21.3 Å². The van der Waals surface area contributed by atoms with Crippen LogP contribution >= 0.6 is 23.1 Å². The summed E-state index contributed by atoms with van der Waals surface area (Å²) in [4.78, 5) is 12.8. The number of hydrogen-bond acceptors (Lipinski definition) is 8. The summed E-state index contributed by atoms with van der Waals surface area (Å²) in [6, 6.07) is 9.25. The van der Waals surface area contributed by atoms with Crippen molar-refractivity contribution in [3.8, 4) is 22.0 Å². The lowest BCUT2D eigenvalue weighted by atomic mass is 9.93. The van der Waals surface area contributed by atoms with Gasteiger partial charge in [0.25, 0.3) is 0 Å². The van der Waals surface area contributed by atoms with E-state index in [0.29, 0.717) is 11.2 Å². The molecule has 2 atom stereocenters. The molecule has 0 amide bonds. The summed E-state index contributed by atoms with van der Waals surface area (Å²) in [6.07, 6.45) is 3.92. The normalized spacial score (nSPS) is 21.5. The number of thioether (sulfide) groups is 1. The first-order valence-corrected chi connectivity index (χ1v) is 13.9. The SMILES string of the molecule is Cc1nc(C)c(-c2cccc(C34CC3CN(CCCSc3nnc(-c5ocnc5C)n3C)C4)c2)s1. The first kappa shape index (κ1) is 22.9. The Kier molecular flexibility index (Phi) is 5.81. The molecule has 35 heavy (non-hydrogen) atoms. The van der Waals surface area contributed by atoms with Crippen molar-refractivity contribution in [1.29, 1.82) is 0 Å². The zero-order valence-electron chi connectivity index (χ0n) is 20.6. The predicted octanol–water partition coefficient (Wildman–Crippen LogP) is 5.27. The molecule has 2 aliphatic rings. The summed E-state index contributed by atoms with van der Waals surface area (Å²) in [7, 11) is 1.99. The van der Waals surface area contributed by atoms with Gasteiger partial charge < -0.3 is 13.9 Å². The summed E-state index contributed by atoms with van der Waals surface area (Å²) in [6.45, 7) is 9.65. The highest BCUT2D eigenvalue weighted by Gasteiger charge is 2.60. The van der Waals surface area contributed by atoms with Crippen molar-refractivity contribution in [3.05, 3.63) is 52.6 Å². The van der Waals surface area contributed by atoms with Crippen LogP contribution in [-0.4, -0.2) is 55.0 Å². The van der Waals surface area contributed by atoms with Gasteiger partial charge in [-0.25, -0.2) is 9.97 Å². The molecule has 4 heterocycles. The number of hydrogen-bond donors (Lipinski definition) is 0. The molecule has 1 aliphatic heterocycles. The van der Waals surface area contributed by atoms with E-state index >= 15 is 0 Å². The molecule has 0 radical (unpaired) electrons. The Hall–Kier alpha value is -2.49. The van der Waals surface area contributed by atoms with E-state index < -0.39 is 0 Å². The van der Waals surface area contributed by atoms with Crippen LogP contribution in [0.1, 0.15) is 34.8 Å². The van der Waals surface area contributed by atoms with Crippen LogP contribution in [0.15, 0.2) is 40.2 Å². The molecule has 2 unspecified atom stereocenters. The number of nitrogens with zero attached hydrogens (tertiary/aromatic N) is 6. The molecule has 9 heteroatoms. The summed E-state index contributed by atoms with van der Waals surface area (Å²) in [5, 5.41) is 10.7. The lowest BCUT2D eigenvalue weighted by Gasteiger charge is -2.21. The fourth-order valence-corrected chi connectivity index (χ4v) is 7.33. The van der Waals surface area contributed by atoms with Crippen molar-refractivity contribution in [2.45, 2.75) is 44.2 Å². The maximum absolute atomic E-state index is 5.48. The van der Waals surface area contributed by atoms with Gasteiger partial charge in [-0.15, -0.1) is 21.5 Å². The molecule has 1 saturated carbocycles. The van der Waals surface area contributed by atoms with Gasteiger partial charge in [0.2, 0.25) is 5.82 Å². The average molecular weight is 507 g/mol. The molecule has 0 spiro atoms. The second kappa shape index (κ2) is 8.87. The zero-order valence-corrected chi connectivity index (χ0v) is 22.2. The number of aryl methyl sites for hydroxylation is 3. The van der Waals surface area contributed by atoms with Crippen molar-refractivity contribution < 1.29 is 4.42 Å². The van der Waals surface area contributed by atoms with Crippen LogP contribution < -0.4 is 0 Å². The van der Waals surface area contributed by atoms with E-state index in [4.69, 9.17) is 4.42 Å². The monoisotopic (exact) mass is 506 g/mol. The van der Waals surface area contributed by atoms with E-state index in [-0.39, 0.29) is 0 Å². The van der Waals surface area contributed by atoms with Gasteiger partial charge in [-0.2, -0.15) is 0 Å². The van der Waals surface area contributed by atoms with E-state index in [1.165, 1.54) is 41.9 Å². The van der Waals surface area contributed by atoms with Crippen molar-refractivity contribution in [2.75, 3.05) is 25.4 Å². The molecule has 1 aliphatic carbocycles. The Labute approximate surface area is 214 Å². The fraction of sp³-hybridized carbons (Fsp3) is 0.462. The Morgan fingerprint density at radius 1 is 1.20 bits per heavy atom. The lowest BCUT2D eigenvalue weighted by molar-refractivity contribution is 0.299. The number of rotatable bonds is 8. The third-order valence-corrected chi connectivity index (χ3v) is 9.68. The van der Waals surface area contributed by atoms with E-state index in [2.05, 4.69) is 63.2 Å². The van der Waals surface area contributed by atoms with Crippen molar-refractivity contribution in [2.24, 2.45) is 13.0 Å². The van der Waals surface area contributed by atoms with E-state index in [1.54, 1.807) is 23.1 Å². The Morgan fingerprint density at radius 3 is 2.86 bits per heavy atom. The fourth-order valence-electron chi connectivity index (χ4n) is 5.58. The molecule has 0 bridgehead atoms. The topological polar surface area (TPSA) is 72.9 Å². The number of likely N-dealkylation sites (tertiary alicyclic amines) is 1. The molecule has 3 aromatic heterocycles. The molecule has 1 aromatic carbocycles. The number of aromatic nitrogens is 5. The standard InChI is InChI=1S/C26H30N6OS2/c1-16-22(33-15-27-16)24-29-30-25(31(24)4)34-10-6-9-32-13-21-12-26(21,14-32)20-8-5-7-19(11-20)23-17(2)28-18(3)35-23/h5,7-8,11,15,21H,6,9-10,12-14H2,1-4H3. The Bertz CT molecular complexity index is 1370. The summed E-state index contributed by atoms with van der Waals surface area (Å²) < 4.78 is 7.48. The predicted molar refractivity (Wildman–Crippen MR) is 140 cm³/mol. The molecular formula is C26H30N6OS2. The van der Waals surface area contributed by atoms with Crippen LogP contribution in [0.25, 0.3) is 22.0 Å². The van der Waals surface area contributed by atoms with Gasteiger partial charge in [0.1, 0.15) is 0 Å². The van der Waals surface area contributed by atoms with Gasteiger partial charge >= 0.3 is 0 Å². The highest BCUT2D eigenvalue weighted by Crippen LogP contribution is 2.59. The second-order valence-electron chi connectivity index (χ2n) is 9.85. The molecule has 6 rings (SSSR count). The van der Waals surface area contributed by atoms with Gasteiger partial charge in [0, 0.05) is 31.3 Å². The summed E-state index contributed by atoms with van der Waals surface area (Å²) >= 11 is 3.56. The van der Waals surface area contributed by atoms with E-state index in [1.807, 2.05) is 18.5 Å². The molecule has 182 valence electrons. The summed E-state index contributed by atoms with van der Waals surface area (Å²) in [5.74, 6) is 3.24. The minimum atomic E-state index is 0.351. The number of piperidine rings is 1. The third kappa shape index (κ3) is 4.13. The van der Waals surface area contributed by atoms with Crippen LogP contribution in [0, 0.1) is 26.7 Å². The van der Waals surface area contributed by atoms with Crippen LogP contribution in [0.3, 0.4) is 0 Å². The van der Waals surface area contributed by atoms with Gasteiger partial charge in [-0.1, -0.05) is 30.0 Å². The molecule has 0 N–H and O–H groups in total. The van der Waals surface area contributed by atoms with Crippen LogP contribution in [0.2, 0.25) is 0 Å². The minimum absolute atomic E-state index is 0.351. The second-order valence-corrected chi connectivity index (χ2v) is 12.1. The van der Waals surface area contributed by atoms with E-state index in [9.17, 15) is 0 Å². The van der Waals surface area contributed by atoms with Crippen LogP contribution in [0.5, 0.6) is 0 Å². The van der Waals surface area contributed by atoms with Gasteiger partial charge in [-0.3, -0.25) is 0 Å². The average Bonchev–Trinajstić information content (AvgIpc) is 3.25. The number of benzene rings is 1. The van der Waals surface area contributed by atoms with Crippen molar-refractivity contribution >= 4 is 23.1 Å². The largest absolute Gasteiger partial charge is 0.440 e. The highest BCUT2D eigenvalue weighted by molar-refractivity contribution is 7.99. The van der Waals surface area contributed by atoms with Crippen LogP contribution in [-0.2, 0) is 12.5 Å². The first-order valence-electron chi connectivity index (χ1n) is 12.1. The smallest absolute Gasteiger partial charge is 0.202 e. The Morgan fingerprint density at radius 2 is 2.09 bits per heavy atom. The van der Waals surface area contributed by atoms with E-state index in [0.717, 1.165) is 52.0 Å². The third-order valence-electron chi connectivity index (χ3n) is 7.45. The van der Waals surface area contributed by atoms with Crippen molar-refractivity contribution in [1.82, 2.24) is 29.6 Å². The van der Waals surface area contributed by atoms with Gasteiger partial charge in [0.15, 0.2) is 17.3 Å². The molecule has 4 aromatic rings. The maximum Gasteiger partial charge on any atom is 0.202 e. The molecule has 2 fully saturated rings. The minimum Gasteiger partial charge on any atom is -0.440 e. The lowest BCUT2D eigenvalue weighted by Crippen LogP contribution is -2.27.